The van der Waals surface area contributed by atoms with E-state index in [2.05, 4.69) is 27.0 Å². The molecule has 8 heteroatoms. The van der Waals surface area contributed by atoms with Crippen LogP contribution in [-0.2, 0) is 6.18 Å². The molecular formula is C17H13BrF3N3O. The number of halogens is 4. The number of hydrogen-bond donors (Lipinski definition) is 0. The van der Waals surface area contributed by atoms with Crippen molar-refractivity contribution in [2.24, 2.45) is 0 Å². The van der Waals surface area contributed by atoms with Gasteiger partial charge in [0.25, 0.3) is 0 Å². The number of pyridine rings is 1. The third-order valence-electron chi connectivity index (χ3n) is 3.92. The highest BCUT2D eigenvalue weighted by Gasteiger charge is 2.31. The molecule has 1 fully saturated rings. The van der Waals surface area contributed by atoms with Crippen LogP contribution in [0.1, 0.15) is 17.5 Å². The Kier molecular flexibility index (Phi) is 4.86. The summed E-state index contributed by atoms with van der Waals surface area (Å²) in [5.74, 6) is 0.163. The molecule has 0 amide bonds. The molecule has 1 aliphatic heterocycles. The summed E-state index contributed by atoms with van der Waals surface area (Å²) in [6.07, 6.45) is -3.14. The number of ether oxygens (including phenoxy) is 1. The van der Waals surface area contributed by atoms with E-state index in [0.29, 0.717) is 25.1 Å². The minimum Gasteiger partial charge on any atom is -0.472 e. The molecule has 0 bridgehead atoms. The minimum absolute atomic E-state index is 0.163. The molecule has 0 N–H and O–H groups in total. The number of anilines is 1. The Hall–Kier alpha value is -2.27. The summed E-state index contributed by atoms with van der Waals surface area (Å²) in [6.45, 7) is 1.24. The zero-order chi connectivity index (χ0) is 18.0. The van der Waals surface area contributed by atoms with Crippen LogP contribution in [0.4, 0.5) is 18.9 Å². The number of nitrogens with zero attached hydrogens (tertiary/aromatic N) is 3. The monoisotopic (exact) mass is 411 g/mol. The Bertz CT molecular complexity index is 802. The lowest BCUT2D eigenvalue weighted by Crippen LogP contribution is -2.25. The van der Waals surface area contributed by atoms with Crippen LogP contribution in [0.5, 0.6) is 5.88 Å². The molecule has 2 aromatic rings. The summed E-state index contributed by atoms with van der Waals surface area (Å²) in [7, 11) is 0. The van der Waals surface area contributed by atoms with E-state index in [1.54, 1.807) is 6.07 Å². The van der Waals surface area contributed by atoms with Crippen molar-refractivity contribution in [1.29, 1.82) is 5.26 Å². The molecule has 0 spiro atoms. The van der Waals surface area contributed by atoms with E-state index in [9.17, 15) is 18.4 Å². The SMILES string of the molecule is N#Cc1cc(Br)ccc1N1CC[C@H](Oc2ccc(C(F)(F)F)cn2)C1. The van der Waals surface area contributed by atoms with Crippen LogP contribution >= 0.6 is 15.9 Å². The summed E-state index contributed by atoms with van der Waals surface area (Å²) in [5, 5.41) is 9.27. The molecule has 1 atom stereocenters. The predicted octanol–water partition coefficient (Wildman–Crippen LogP) is 4.39. The van der Waals surface area contributed by atoms with Crippen molar-refractivity contribution < 1.29 is 17.9 Å². The van der Waals surface area contributed by atoms with Gasteiger partial charge in [-0.25, -0.2) is 4.98 Å². The molecule has 130 valence electrons. The second-order valence-electron chi connectivity index (χ2n) is 5.63. The standard InChI is InChI=1S/C17H13BrF3N3O/c18-13-2-3-15(11(7-13)8-22)24-6-5-14(10-24)25-16-4-1-12(9-23-16)17(19,20)21/h1-4,7,9,14H,5-6,10H2/t14-/m0/s1. The maximum atomic E-state index is 12.5. The van der Waals surface area contributed by atoms with E-state index in [4.69, 9.17) is 4.74 Å². The van der Waals surface area contributed by atoms with Gasteiger partial charge in [0.15, 0.2) is 0 Å². The molecule has 2 heterocycles. The largest absolute Gasteiger partial charge is 0.472 e. The van der Waals surface area contributed by atoms with E-state index in [1.165, 1.54) is 6.07 Å². The fourth-order valence-electron chi connectivity index (χ4n) is 2.71. The van der Waals surface area contributed by atoms with Crippen molar-refractivity contribution in [3.63, 3.8) is 0 Å². The fourth-order valence-corrected chi connectivity index (χ4v) is 3.07. The first-order chi connectivity index (χ1) is 11.9. The van der Waals surface area contributed by atoms with Crippen molar-refractivity contribution >= 4 is 21.6 Å². The molecule has 0 radical (unpaired) electrons. The number of alkyl halides is 3. The Morgan fingerprint density at radius 1 is 1.28 bits per heavy atom. The highest BCUT2D eigenvalue weighted by molar-refractivity contribution is 9.10. The Morgan fingerprint density at radius 2 is 2.08 bits per heavy atom. The molecule has 1 aromatic carbocycles. The molecule has 1 aliphatic rings. The number of hydrogen-bond acceptors (Lipinski definition) is 4. The maximum Gasteiger partial charge on any atom is 0.417 e. The van der Waals surface area contributed by atoms with Crippen LogP contribution in [0.3, 0.4) is 0 Å². The zero-order valence-electron chi connectivity index (χ0n) is 12.9. The molecule has 1 saturated heterocycles. The van der Waals surface area contributed by atoms with Gasteiger partial charge in [0.1, 0.15) is 12.2 Å². The second kappa shape index (κ2) is 6.92. The first kappa shape index (κ1) is 17.5. The van der Waals surface area contributed by atoms with Gasteiger partial charge in [0.2, 0.25) is 5.88 Å². The van der Waals surface area contributed by atoms with Gasteiger partial charge in [0.05, 0.1) is 23.4 Å². The molecule has 25 heavy (non-hydrogen) atoms. The van der Waals surface area contributed by atoms with E-state index in [0.717, 1.165) is 22.4 Å². The van der Waals surface area contributed by atoms with Crippen molar-refractivity contribution in [2.75, 3.05) is 18.0 Å². The van der Waals surface area contributed by atoms with Crippen molar-refractivity contribution in [1.82, 2.24) is 4.98 Å². The lowest BCUT2D eigenvalue weighted by Gasteiger charge is -2.20. The Morgan fingerprint density at radius 3 is 2.72 bits per heavy atom. The maximum absolute atomic E-state index is 12.5. The van der Waals surface area contributed by atoms with Gasteiger partial charge in [-0.1, -0.05) is 15.9 Å². The van der Waals surface area contributed by atoms with Gasteiger partial charge in [-0.2, -0.15) is 18.4 Å². The van der Waals surface area contributed by atoms with Crippen molar-refractivity contribution in [3.05, 3.63) is 52.1 Å². The molecule has 0 unspecified atom stereocenters. The van der Waals surface area contributed by atoms with Crippen LogP contribution in [0.2, 0.25) is 0 Å². The van der Waals surface area contributed by atoms with Crippen LogP contribution in [0.25, 0.3) is 0 Å². The predicted molar refractivity (Wildman–Crippen MR) is 89.3 cm³/mol. The van der Waals surface area contributed by atoms with Gasteiger partial charge in [-0.3, -0.25) is 0 Å². The summed E-state index contributed by atoms with van der Waals surface area (Å²) in [6, 6.07) is 9.83. The Balaban J connectivity index is 1.67. The highest BCUT2D eigenvalue weighted by Crippen LogP contribution is 2.31. The highest BCUT2D eigenvalue weighted by atomic mass is 79.9. The normalized spacial score (nSPS) is 17.4. The van der Waals surface area contributed by atoms with Gasteiger partial charge in [-0.15, -0.1) is 0 Å². The molecule has 3 rings (SSSR count). The van der Waals surface area contributed by atoms with Crippen LogP contribution in [-0.4, -0.2) is 24.2 Å². The van der Waals surface area contributed by atoms with Gasteiger partial charge >= 0.3 is 6.18 Å². The lowest BCUT2D eigenvalue weighted by molar-refractivity contribution is -0.137. The van der Waals surface area contributed by atoms with Crippen LogP contribution < -0.4 is 9.64 Å². The van der Waals surface area contributed by atoms with Crippen LogP contribution in [0, 0.1) is 11.3 Å². The lowest BCUT2D eigenvalue weighted by atomic mass is 10.2. The van der Waals surface area contributed by atoms with Gasteiger partial charge < -0.3 is 9.64 Å². The summed E-state index contributed by atoms with van der Waals surface area (Å²) < 4.78 is 44.1. The van der Waals surface area contributed by atoms with E-state index in [1.807, 2.05) is 17.0 Å². The van der Waals surface area contributed by atoms with E-state index >= 15 is 0 Å². The molecule has 0 saturated carbocycles. The molecule has 1 aromatic heterocycles. The zero-order valence-corrected chi connectivity index (χ0v) is 14.5. The number of aromatic nitrogens is 1. The van der Waals surface area contributed by atoms with E-state index in [-0.39, 0.29) is 12.0 Å². The van der Waals surface area contributed by atoms with Crippen molar-refractivity contribution in [2.45, 2.75) is 18.7 Å². The smallest absolute Gasteiger partial charge is 0.417 e. The number of nitriles is 1. The average molecular weight is 412 g/mol. The molecule has 0 aliphatic carbocycles. The first-order valence-corrected chi connectivity index (χ1v) is 8.30. The van der Waals surface area contributed by atoms with Crippen LogP contribution in [0.15, 0.2) is 41.0 Å². The summed E-state index contributed by atoms with van der Waals surface area (Å²) >= 11 is 3.34. The topological polar surface area (TPSA) is 49.2 Å². The Labute approximate surface area is 151 Å². The third-order valence-corrected chi connectivity index (χ3v) is 4.41. The summed E-state index contributed by atoms with van der Waals surface area (Å²) in [5.41, 5.74) is 0.571. The summed E-state index contributed by atoms with van der Waals surface area (Å²) in [4.78, 5) is 5.76. The van der Waals surface area contributed by atoms with Gasteiger partial charge in [-0.05, 0) is 24.3 Å². The van der Waals surface area contributed by atoms with E-state index < -0.39 is 11.7 Å². The third kappa shape index (κ3) is 4.04. The minimum atomic E-state index is -4.41. The quantitative estimate of drug-likeness (QED) is 0.751. The van der Waals surface area contributed by atoms with Crippen molar-refractivity contribution in [3.8, 4) is 11.9 Å². The molecular weight excluding hydrogens is 399 g/mol. The first-order valence-electron chi connectivity index (χ1n) is 7.51. The second-order valence-corrected chi connectivity index (χ2v) is 6.55. The molecule has 4 nitrogen and oxygen atoms in total. The number of rotatable bonds is 3. The van der Waals surface area contributed by atoms with Gasteiger partial charge in [0, 0.05) is 29.7 Å². The number of benzene rings is 1. The average Bonchev–Trinajstić information content (AvgIpc) is 3.02. The fraction of sp³-hybridized carbons (Fsp3) is 0.294.